The van der Waals surface area contributed by atoms with Gasteiger partial charge in [-0.1, -0.05) is 173 Å². The lowest BCUT2D eigenvalue weighted by molar-refractivity contribution is 0.484. The van der Waals surface area contributed by atoms with Gasteiger partial charge in [-0.2, -0.15) is 8.42 Å². The van der Waals surface area contributed by atoms with Gasteiger partial charge in [0.15, 0.2) is 0 Å². The molecule has 4 heteroatoms. The number of fused-ring (bicyclic) bond motifs is 1. The van der Waals surface area contributed by atoms with E-state index in [1.807, 2.05) is 12.1 Å². The van der Waals surface area contributed by atoms with Crippen LogP contribution in [-0.4, -0.2) is 13.0 Å². The summed E-state index contributed by atoms with van der Waals surface area (Å²) in [6.07, 6.45) is 33.8. The van der Waals surface area contributed by atoms with Crippen LogP contribution >= 0.6 is 0 Å². The van der Waals surface area contributed by atoms with Gasteiger partial charge in [-0.05, 0) is 54.3 Å². The van der Waals surface area contributed by atoms with Gasteiger partial charge < -0.3 is 0 Å². The SMILES string of the molecule is CCCCCCCCCCCCCCc1ccc2c(CCCCCCCCCCCCCC)ccc(S(=O)(=O)O)c2c1. The van der Waals surface area contributed by atoms with Crippen molar-refractivity contribution in [3.05, 3.63) is 41.5 Å². The lowest BCUT2D eigenvalue weighted by Crippen LogP contribution is -2.01. The molecule has 2 aromatic rings. The van der Waals surface area contributed by atoms with Crippen molar-refractivity contribution < 1.29 is 13.0 Å². The zero-order chi connectivity index (χ0) is 30.3. The molecule has 0 amide bonds. The third-order valence-corrected chi connectivity index (χ3v) is 9.94. The van der Waals surface area contributed by atoms with E-state index < -0.39 is 10.1 Å². The highest BCUT2D eigenvalue weighted by atomic mass is 32.2. The Balaban J connectivity index is 1.73. The van der Waals surface area contributed by atoms with E-state index in [0.29, 0.717) is 5.39 Å². The van der Waals surface area contributed by atoms with Gasteiger partial charge in [0.1, 0.15) is 4.90 Å². The summed E-state index contributed by atoms with van der Waals surface area (Å²) in [5.41, 5.74) is 2.36. The Bertz CT molecular complexity index is 1060. The molecular formula is C38H64O3S. The van der Waals surface area contributed by atoms with Crippen molar-refractivity contribution in [3.63, 3.8) is 0 Å². The Morgan fingerprint density at radius 1 is 0.476 bits per heavy atom. The van der Waals surface area contributed by atoms with Crippen LogP contribution in [0, 0.1) is 0 Å². The first kappa shape index (κ1) is 36.8. The molecule has 1 N–H and O–H groups in total. The molecule has 2 rings (SSSR count). The van der Waals surface area contributed by atoms with E-state index >= 15 is 0 Å². The molecule has 42 heavy (non-hydrogen) atoms. The molecule has 0 atom stereocenters. The minimum atomic E-state index is -4.26. The summed E-state index contributed by atoms with van der Waals surface area (Å²) in [6, 6.07) is 9.80. The summed E-state index contributed by atoms with van der Waals surface area (Å²) >= 11 is 0. The van der Waals surface area contributed by atoms with Crippen LogP contribution in [0.15, 0.2) is 35.2 Å². The fraction of sp³-hybridized carbons (Fsp3) is 0.737. The Morgan fingerprint density at radius 3 is 1.31 bits per heavy atom. The number of hydrogen-bond acceptors (Lipinski definition) is 2. The molecule has 3 nitrogen and oxygen atoms in total. The van der Waals surface area contributed by atoms with Gasteiger partial charge in [-0.15, -0.1) is 0 Å². The van der Waals surface area contributed by atoms with E-state index in [2.05, 4.69) is 26.0 Å². The van der Waals surface area contributed by atoms with Crippen molar-refractivity contribution in [2.45, 2.75) is 186 Å². The minimum Gasteiger partial charge on any atom is -0.282 e. The van der Waals surface area contributed by atoms with Gasteiger partial charge in [-0.3, -0.25) is 4.55 Å². The van der Waals surface area contributed by atoms with E-state index in [0.717, 1.165) is 31.1 Å². The number of hydrogen-bond donors (Lipinski definition) is 1. The smallest absolute Gasteiger partial charge is 0.282 e. The molecule has 0 unspecified atom stereocenters. The number of unbranched alkanes of at least 4 members (excludes halogenated alkanes) is 22. The minimum absolute atomic E-state index is 0.0486. The van der Waals surface area contributed by atoms with Gasteiger partial charge >= 0.3 is 0 Å². The number of benzene rings is 2. The van der Waals surface area contributed by atoms with Gasteiger partial charge in [0.25, 0.3) is 10.1 Å². The van der Waals surface area contributed by atoms with Gasteiger partial charge in [0, 0.05) is 5.39 Å². The summed E-state index contributed by atoms with van der Waals surface area (Å²) < 4.78 is 34.3. The Morgan fingerprint density at radius 2 is 0.881 bits per heavy atom. The topological polar surface area (TPSA) is 54.4 Å². The largest absolute Gasteiger partial charge is 0.295 e. The molecule has 0 saturated heterocycles. The molecule has 0 fully saturated rings. The Hall–Kier alpha value is -1.39. The predicted molar refractivity (Wildman–Crippen MR) is 183 cm³/mol. The molecule has 240 valence electrons. The average Bonchev–Trinajstić information content (AvgIpc) is 2.97. The maximum absolute atomic E-state index is 12.2. The summed E-state index contributed by atoms with van der Waals surface area (Å²) in [4.78, 5) is 0.0486. The van der Waals surface area contributed by atoms with Crippen molar-refractivity contribution in [2.75, 3.05) is 0 Å². The van der Waals surface area contributed by atoms with Crippen molar-refractivity contribution in [2.24, 2.45) is 0 Å². The maximum atomic E-state index is 12.2. The Labute approximate surface area is 260 Å². The van der Waals surface area contributed by atoms with Crippen molar-refractivity contribution >= 4 is 20.9 Å². The van der Waals surface area contributed by atoms with Crippen molar-refractivity contribution in [1.29, 1.82) is 0 Å². The molecule has 0 saturated carbocycles. The Kier molecular flexibility index (Phi) is 20.2. The summed E-state index contributed by atoms with van der Waals surface area (Å²) in [7, 11) is -4.26. The molecule has 0 bridgehead atoms. The first-order valence-electron chi connectivity index (χ1n) is 18.0. The van der Waals surface area contributed by atoms with E-state index in [-0.39, 0.29) is 4.90 Å². The van der Waals surface area contributed by atoms with Gasteiger partial charge in [-0.25, -0.2) is 0 Å². The average molecular weight is 601 g/mol. The predicted octanol–water partition coefficient (Wildman–Crippen LogP) is 12.6. The van der Waals surface area contributed by atoms with Gasteiger partial charge in [0.2, 0.25) is 0 Å². The molecule has 0 aliphatic heterocycles. The normalized spacial score (nSPS) is 12.0. The van der Waals surface area contributed by atoms with Crippen LogP contribution < -0.4 is 0 Å². The second-order valence-corrected chi connectivity index (χ2v) is 14.2. The first-order chi connectivity index (χ1) is 20.5. The van der Waals surface area contributed by atoms with E-state index in [4.69, 9.17) is 0 Å². The molecule has 0 heterocycles. The van der Waals surface area contributed by atoms with E-state index in [1.54, 1.807) is 6.07 Å². The zero-order valence-corrected chi connectivity index (χ0v) is 28.3. The van der Waals surface area contributed by atoms with Crippen LogP contribution in [0.5, 0.6) is 0 Å². The molecule has 0 aliphatic rings. The monoisotopic (exact) mass is 600 g/mol. The van der Waals surface area contributed by atoms with E-state index in [9.17, 15) is 13.0 Å². The number of aryl methyl sites for hydroxylation is 2. The van der Waals surface area contributed by atoms with Crippen LogP contribution in [0.25, 0.3) is 10.8 Å². The van der Waals surface area contributed by atoms with Crippen LogP contribution in [-0.2, 0) is 23.0 Å². The zero-order valence-electron chi connectivity index (χ0n) is 27.4. The highest BCUT2D eigenvalue weighted by molar-refractivity contribution is 7.86. The first-order valence-corrected chi connectivity index (χ1v) is 19.4. The molecule has 2 aromatic carbocycles. The van der Waals surface area contributed by atoms with Crippen LogP contribution in [0.1, 0.15) is 179 Å². The lowest BCUT2D eigenvalue weighted by atomic mass is 9.96. The van der Waals surface area contributed by atoms with Crippen LogP contribution in [0.4, 0.5) is 0 Å². The number of rotatable bonds is 27. The fourth-order valence-electron chi connectivity index (χ4n) is 6.36. The maximum Gasteiger partial charge on any atom is 0.295 e. The fourth-order valence-corrected chi connectivity index (χ4v) is 7.04. The van der Waals surface area contributed by atoms with Crippen LogP contribution in [0.2, 0.25) is 0 Å². The van der Waals surface area contributed by atoms with Crippen molar-refractivity contribution in [1.82, 2.24) is 0 Å². The van der Waals surface area contributed by atoms with Crippen molar-refractivity contribution in [3.8, 4) is 0 Å². The molecule has 0 radical (unpaired) electrons. The summed E-state index contributed by atoms with van der Waals surface area (Å²) in [5.74, 6) is 0. The van der Waals surface area contributed by atoms with Gasteiger partial charge in [0.05, 0.1) is 0 Å². The quantitative estimate of drug-likeness (QED) is 0.0819. The van der Waals surface area contributed by atoms with Crippen LogP contribution in [0.3, 0.4) is 0 Å². The lowest BCUT2D eigenvalue weighted by Gasteiger charge is -2.12. The third kappa shape index (κ3) is 15.9. The molecule has 0 aliphatic carbocycles. The highest BCUT2D eigenvalue weighted by Gasteiger charge is 2.16. The second-order valence-electron chi connectivity index (χ2n) is 12.9. The van der Waals surface area contributed by atoms with E-state index in [1.165, 1.54) is 152 Å². The third-order valence-electron chi connectivity index (χ3n) is 9.03. The molecule has 0 aromatic heterocycles. The molecule has 0 spiro atoms. The second kappa shape index (κ2) is 23.1. The summed E-state index contributed by atoms with van der Waals surface area (Å²) in [5, 5.41) is 1.66. The molecular weight excluding hydrogens is 536 g/mol. The summed E-state index contributed by atoms with van der Waals surface area (Å²) in [6.45, 7) is 4.54. The standard InChI is InChI=1S/C38H64O3S/c1-3-5-7-9-11-13-15-17-19-21-23-25-27-34-29-31-36-35(30-32-38(37(36)33-34)42(39,40)41)28-26-24-22-20-18-16-14-12-10-8-6-4-2/h29-33H,3-28H2,1-2H3,(H,39,40,41). The highest BCUT2D eigenvalue weighted by Crippen LogP contribution is 2.29.